The van der Waals surface area contributed by atoms with E-state index in [4.69, 9.17) is 0 Å². The van der Waals surface area contributed by atoms with Crippen molar-refractivity contribution in [2.24, 2.45) is 0 Å². The number of aliphatic hydroxyl groups is 2. The number of aliphatic hydroxyl groups excluding tert-OH is 2. The van der Waals surface area contributed by atoms with E-state index < -0.39 is 12.5 Å². The normalized spacial score (nSPS) is 19.0. The number of anilines is 2. The van der Waals surface area contributed by atoms with Gasteiger partial charge in [0.15, 0.2) is 0 Å². The van der Waals surface area contributed by atoms with Crippen molar-refractivity contribution in [2.75, 3.05) is 9.80 Å². The predicted octanol–water partition coefficient (Wildman–Crippen LogP) is 3.73. The summed E-state index contributed by atoms with van der Waals surface area (Å²) >= 11 is 0. The van der Waals surface area contributed by atoms with Crippen molar-refractivity contribution in [1.29, 1.82) is 0 Å². The molecule has 3 rings (SSSR count). The fourth-order valence-electron chi connectivity index (χ4n) is 3.69. The Morgan fingerprint density at radius 3 is 1.76 bits per heavy atom. The standard InChI is InChI=1S/C21H28N2O2/c1-3-20(24)22-17-12-8-9-13-18(17)23(21(25)4-2)19(22)15-14-16-10-6-5-7-11-16/h5-13,19-21,24-25H,3-4,14-15H2,1-2H3. The molecule has 2 aromatic carbocycles. The van der Waals surface area contributed by atoms with Crippen LogP contribution in [0.5, 0.6) is 0 Å². The van der Waals surface area contributed by atoms with Crippen LogP contribution >= 0.6 is 0 Å². The third-order valence-electron chi connectivity index (χ3n) is 4.99. The lowest BCUT2D eigenvalue weighted by Crippen LogP contribution is -2.51. The maximum absolute atomic E-state index is 10.7. The second-order valence-electron chi connectivity index (χ2n) is 6.59. The number of rotatable bonds is 7. The lowest BCUT2D eigenvalue weighted by Gasteiger charge is -2.37. The summed E-state index contributed by atoms with van der Waals surface area (Å²) in [5, 5.41) is 21.3. The first-order chi connectivity index (χ1) is 12.2. The average Bonchev–Trinajstić information content (AvgIpc) is 3.00. The molecule has 0 bridgehead atoms. The highest BCUT2D eigenvalue weighted by molar-refractivity contribution is 5.78. The van der Waals surface area contributed by atoms with Crippen LogP contribution in [0.2, 0.25) is 0 Å². The zero-order valence-corrected chi connectivity index (χ0v) is 15.0. The summed E-state index contributed by atoms with van der Waals surface area (Å²) in [4.78, 5) is 4.13. The summed E-state index contributed by atoms with van der Waals surface area (Å²) in [6.45, 7) is 3.97. The van der Waals surface area contributed by atoms with Crippen LogP contribution in [0.1, 0.15) is 38.7 Å². The van der Waals surface area contributed by atoms with E-state index in [0.29, 0.717) is 12.8 Å². The van der Waals surface area contributed by atoms with Crippen LogP contribution in [0.15, 0.2) is 54.6 Å². The minimum absolute atomic E-state index is 0.0532. The molecule has 0 aromatic heterocycles. The van der Waals surface area contributed by atoms with Crippen molar-refractivity contribution >= 4 is 11.4 Å². The van der Waals surface area contributed by atoms with Gasteiger partial charge in [-0.2, -0.15) is 0 Å². The Hall–Kier alpha value is -2.04. The summed E-state index contributed by atoms with van der Waals surface area (Å²) in [5.74, 6) is 0. The van der Waals surface area contributed by atoms with Gasteiger partial charge in [0.05, 0.1) is 11.4 Å². The first kappa shape index (κ1) is 17.8. The summed E-state index contributed by atoms with van der Waals surface area (Å²) in [6.07, 6.45) is 1.86. The molecule has 0 spiro atoms. The highest BCUT2D eigenvalue weighted by Gasteiger charge is 2.40. The minimum Gasteiger partial charge on any atom is -0.374 e. The van der Waals surface area contributed by atoms with E-state index >= 15 is 0 Å². The number of hydrogen-bond acceptors (Lipinski definition) is 4. The molecule has 134 valence electrons. The molecule has 1 aliphatic rings. The molecule has 4 heteroatoms. The summed E-state index contributed by atoms with van der Waals surface area (Å²) in [6, 6.07) is 18.4. The van der Waals surface area contributed by atoms with Gasteiger partial charge in [-0.25, -0.2) is 0 Å². The molecule has 0 amide bonds. The van der Waals surface area contributed by atoms with E-state index in [0.717, 1.165) is 24.2 Å². The summed E-state index contributed by atoms with van der Waals surface area (Å²) < 4.78 is 0. The monoisotopic (exact) mass is 340 g/mol. The second kappa shape index (κ2) is 7.89. The topological polar surface area (TPSA) is 46.9 Å². The van der Waals surface area contributed by atoms with Crippen molar-refractivity contribution in [1.82, 2.24) is 0 Å². The number of benzene rings is 2. The zero-order valence-electron chi connectivity index (χ0n) is 15.0. The Balaban J connectivity index is 1.93. The van der Waals surface area contributed by atoms with Gasteiger partial charge < -0.3 is 20.0 Å². The molecule has 2 N–H and O–H groups in total. The molecule has 2 atom stereocenters. The smallest absolute Gasteiger partial charge is 0.128 e. The average molecular weight is 340 g/mol. The van der Waals surface area contributed by atoms with Gasteiger partial charge in [0, 0.05) is 0 Å². The Bertz CT molecular complexity index is 640. The van der Waals surface area contributed by atoms with E-state index in [9.17, 15) is 10.2 Å². The molecule has 4 nitrogen and oxygen atoms in total. The van der Waals surface area contributed by atoms with Gasteiger partial charge in [-0.15, -0.1) is 0 Å². The molecular weight excluding hydrogens is 312 g/mol. The molecule has 0 saturated carbocycles. The quantitative estimate of drug-likeness (QED) is 0.806. The van der Waals surface area contributed by atoms with Crippen LogP contribution in [0, 0.1) is 0 Å². The van der Waals surface area contributed by atoms with Crippen LogP contribution < -0.4 is 9.80 Å². The van der Waals surface area contributed by atoms with Crippen LogP contribution in [-0.4, -0.2) is 28.8 Å². The zero-order chi connectivity index (χ0) is 17.8. The highest BCUT2D eigenvalue weighted by Crippen LogP contribution is 2.43. The van der Waals surface area contributed by atoms with Crippen molar-refractivity contribution in [3.05, 3.63) is 60.2 Å². The van der Waals surface area contributed by atoms with Gasteiger partial charge in [0.25, 0.3) is 0 Å². The van der Waals surface area contributed by atoms with Crippen molar-refractivity contribution < 1.29 is 10.2 Å². The molecule has 0 saturated heterocycles. The van der Waals surface area contributed by atoms with Crippen LogP contribution in [0.4, 0.5) is 11.4 Å². The number of hydrogen-bond donors (Lipinski definition) is 2. The Labute approximate surface area is 150 Å². The third kappa shape index (κ3) is 3.51. The minimum atomic E-state index is -0.559. The SMILES string of the molecule is CCC(O)N1c2ccccc2N(C(O)CC)C1CCc1ccccc1. The molecule has 1 aliphatic heterocycles. The second-order valence-corrected chi connectivity index (χ2v) is 6.59. The van der Waals surface area contributed by atoms with E-state index in [1.807, 2.05) is 44.2 Å². The maximum atomic E-state index is 10.7. The van der Waals surface area contributed by atoms with Gasteiger partial charge in [-0.05, 0) is 43.4 Å². The van der Waals surface area contributed by atoms with Gasteiger partial charge in [-0.3, -0.25) is 0 Å². The van der Waals surface area contributed by atoms with E-state index in [-0.39, 0.29) is 6.17 Å². The van der Waals surface area contributed by atoms with E-state index in [1.165, 1.54) is 5.56 Å². The molecule has 2 aromatic rings. The predicted molar refractivity (Wildman–Crippen MR) is 103 cm³/mol. The Kier molecular flexibility index (Phi) is 5.61. The number of aryl methyl sites for hydroxylation is 1. The summed E-state index contributed by atoms with van der Waals surface area (Å²) in [7, 11) is 0. The largest absolute Gasteiger partial charge is 0.374 e. The van der Waals surface area contributed by atoms with Gasteiger partial charge in [0.1, 0.15) is 18.6 Å². The molecule has 25 heavy (non-hydrogen) atoms. The summed E-state index contributed by atoms with van der Waals surface area (Å²) in [5.41, 5.74) is 3.28. The molecule has 2 unspecified atom stereocenters. The number of para-hydroxylation sites is 2. The molecule has 1 heterocycles. The first-order valence-electron chi connectivity index (χ1n) is 9.23. The molecular formula is C21H28N2O2. The number of fused-ring (bicyclic) bond motifs is 1. The van der Waals surface area contributed by atoms with Crippen LogP contribution in [-0.2, 0) is 6.42 Å². The third-order valence-corrected chi connectivity index (χ3v) is 4.99. The number of nitrogens with zero attached hydrogens (tertiary/aromatic N) is 2. The van der Waals surface area contributed by atoms with E-state index in [2.05, 4.69) is 34.1 Å². The van der Waals surface area contributed by atoms with Crippen molar-refractivity contribution in [2.45, 2.75) is 58.2 Å². The highest BCUT2D eigenvalue weighted by atomic mass is 16.3. The molecule has 0 radical (unpaired) electrons. The fraction of sp³-hybridized carbons (Fsp3) is 0.429. The maximum Gasteiger partial charge on any atom is 0.128 e. The van der Waals surface area contributed by atoms with Crippen LogP contribution in [0.3, 0.4) is 0 Å². The van der Waals surface area contributed by atoms with Crippen molar-refractivity contribution in [3.63, 3.8) is 0 Å². The molecule has 0 aliphatic carbocycles. The van der Waals surface area contributed by atoms with Crippen molar-refractivity contribution in [3.8, 4) is 0 Å². The van der Waals surface area contributed by atoms with Gasteiger partial charge in [0.2, 0.25) is 0 Å². The molecule has 0 fully saturated rings. The first-order valence-corrected chi connectivity index (χ1v) is 9.23. The Morgan fingerprint density at radius 1 is 0.800 bits per heavy atom. The van der Waals surface area contributed by atoms with Crippen LogP contribution in [0.25, 0.3) is 0 Å². The Morgan fingerprint density at radius 2 is 1.28 bits per heavy atom. The van der Waals surface area contributed by atoms with Gasteiger partial charge >= 0.3 is 0 Å². The lowest BCUT2D eigenvalue weighted by atomic mass is 10.1. The fourth-order valence-corrected chi connectivity index (χ4v) is 3.69. The lowest BCUT2D eigenvalue weighted by molar-refractivity contribution is 0.127. The van der Waals surface area contributed by atoms with Gasteiger partial charge in [-0.1, -0.05) is 56.3 Å². The van der Waals surface area contributed by atoms with E-state index in [1.54, 1.807) is 0 Å².